The first-order chi connectivity index (χ1) is 17.5. The van der Waals surface area contributed by atoms with Gasteiger partial charge in [0.2, 0.25) is 0 Å². The second-order valence-corrected chi connectivity index (χ2v) is 8.31. The molecule has 0 unspecified atom stereocenters. The summed E-state index contributed by atoms with van der Waals surface area (Å²) in [4.78, 5) is 28.5. The predicted octanol–water partition coefficient (Wildman–Crippen LogP) is 4.40. The Labute approximate surface area is 204 Å². The van der Waals surface area contributed by atoms with Crippen molar-refractivity contribution in [2.75, 3.05) is 31.1 Å². The quantitative estimate of drug-likeness (QED) is 0.413. The summed E-state index contributed by atoms with van der Waals surface area (Å²) >= 11 is 0. The molecule has 0 bridgehead atoms. The molecule has 36 heavy (non-hydrogen) atoms. The largest absolute Gasteiger partial charge is 0.435 e. The molecule has 1 saturated heterocycles. The van der Waals surface area contributed by atoms with Crippen LogP contribution < -0.4 is 15.0 Å². The van der Waals surface area contributed by atoms with Crippen molar-refractivity contribution in [3.05, 3.63) is 72.3 Å². The average Bonchev–Trinajstić information content (AvgIpc) is 3.32. The smallest absolute Gasteiger partial charge is 0.387 e. The molecule has 0 atom stereocenters. The number of aromatic nitrogens is 3. The van der Waals surface area contributed by atoms with Gasteiger partial charge in [-0.25, -0.2) is 19.2 Å². The lowest BCUT2D eigenvalue weighted by Gasteiger charge is -2.35. The number of H-pyrrole nitrogens is 1. The number of halogens is 3. The van der Waals surface area contributed by atoms with Crippen LogP contribution in [0.5, 0.6) is 5.75 Å². The molecule has 0 saturated carbocycles. The number of ether oxygens (including phenoxy) is 1. The van der Waals surface area contributed by atoms with E-state index in [1.165, 1.54) is 30.6 Å². The predicted molar refractivity (Wildman–Crippen MR) is 128 cm³/mol. The molecule has 4 aromatic rings. The first-order valence-electron chi connectivity index (χ1n) is 11.4. The molecule has 2 aromatic carbocycles. The summed E-state index contributed by atoms with van der Waals surface area (Å²) in [6.07, 6.45) is 1.49. The highest BCUT2D eigenvalue weighted by molar-refractivity contribution is 5.92. The monoisotopic (exact) mass is 496 g/mol. The van der Waals surface area contributed by atoms with E-state index in [0.717, 1.165) is 22.5 Å². The number of piperazine rings is 1. The van der Waals surface area contributed by atoms with Crippen LogP contribution in [0.4, 0.5) is 23.8 Å². The summed E-state index contributed by atoms with van der Waals surface area (Å²) in [5.41, 5.74) is 2.99. The van der Waals surface area contributed by atoms with Gasteiger partial charge in [0.05, 0.1) is 5.39 Å². The van der Waals surface area contributed by atoms with Crippen molar-refractivity contribution in [1.29, 1.82) is 0 Å². The topological polar surface area (TPSA) is 86.4 Å². The number of carbonyl (C=O) groups excluding carboxylic acids is 1. The maximum atomic E-state index is 13.3. The van der Waals surface area contributed by atoms with Gasteiger partial charge in [0.25, 0.3) is 0 Å². The molecule has 8 nitrogen and oxygen atoms in total. The van der Waals surface area contributed by atoms with Crippen LogP contribution in [0.25, 0.3) is 22.3 Å². The number of rotatable bonds is 6. The zero-order valence-electron chi connectivity index (χ0n) is 19.1. The molecule has 1 aliphatic rings. The summed E-state index contributed by atoms with van der Waals surface area (Å²) in [5, 5.41) is 3.67. The van der Waals surface area contributed by atoms with Crippen LogP contribution in [0.3, 0.4) is 0 Å². The van der Waals surface area contributed by atoms with Crippen molar-refractivity contribution in [1.82, 2.24) is 25.2 Å². The number of nitrogens with one attached hydrogen (secondary N) is 2. The average molecular weight is 496 g/mol. The van der Waals surface area contributed by atoms with Crippen molar-refractivity contribution in [2.24, 2.45) is 0 Å². The third kappa shape index (κ3) is 5.19. The molecule has 0 spiro atoms. The normalized spacial score (nSPS) is 13.9. The molecule has 2 amide bonds. The van der Waals surface area contributed by atoms with Crippen LogP contribution in [0.2, 0.25) is 0 Å². The number of aromatic amines is 1. The van der Waals surface area contributed by atoms with E-state index >= 15 is 0 Å². The van der Waals surface area contributed by atoms with E-state index in [-0.39, 0.29) is 24.1 Å². The number of carbonyl (C=O) groups is 1. The highest BCUT2D eigenvalue weighted by Crippen LogP contribution is 2.29. The number of nitrogens with zero attached hydrogens (tertiary/aromatic N) is 4. The number of urea groups is 1. The zero-order valence-corrected chi connectivity index (χ0v) is 19.1. The van der Waals surface area contributed by atoms with Gasteiger partial charge in [0.15, 0.2) is 0 Å². The maximum absolute atomic E-state index is 13.3. The number of amides is 2. The Morgan fingerprint density at radius 3 is 2.58 bits per heavy atom. The number of alkyl halides is 2. The van der Waals surface area contributed by atoms with Crippen LogP contribution >= 0.6 is 0 Å². The van der Waals surface area contributed by atoms with Gasteiger partial charge in [0.1, 0.15) is 29.4 Å². The molecule has 11 heteroatoms. The molecule has 2 N–H and O–H groups in total. The summed E-state index contributed by atoms with van der Waals surface area (Å²) < 4.78 is 42.5. The highest BCUT2D eigenvalue weighted by Gasteiger charge is 2.24. The molecular formula is C25H23F3N6O2. The third-order valence-corrected chi connectivity index (χ3v) is 5.99. The van der Waals surface area contributed by atoms with Crippen molar-refractivity contribution in [3.63, 3.8) is 0 Å². The van der Waals surface area contributed by atoms with E-state index in [1.54, 1.807) is 29.2 Å². The third-order valence-electron chi connectivity index (χ3n) is 5.99. The van der Waals surface area contributed by atoms with Crippen LogP contribution in [-0.2, 0) is 6.54 Å². The second-order valence-electron chi connectivity index (χ2n) is 8.31. The van der Waals surface area contributed by atoms with Crippen molar-refractivity contribution >= 4 is 22.9 Å². The fourth-order valence-electron chi connectivity index (χ4n) is 4.21. The summed E-state index contributed by atoms with van der Waals surface area (Å²) in [7, 11) is 0. The molecular weight excluding hydrogens is 473 g/mol. The molecule has 186 valence electrons. The van der Waals surface area contributed by atoms with E-state index in [0.29, 0.717) is 37.4 Å². The van der Waals surface area contributed by atoms with Crippen molar-refractivity contribution in [2.45, 2.75) is 13.2 Å². The van der Waals surface area contributed by atoms with Gasteiger partial charge in [-0.05, 0) is 53.6 Å². The summed E-state index contributed by atoms with van der Waals surface area (Å²) in [5.74, 6) is 0.515. The molecule has 1 aliphatic heterocycles. The van der Waals surface area contributed by atoms with Crippen molar-refractivity contribution in [3.8, 4) is 17.0 Å². The van der Waals surface area contributed by atoms with E-state index in [4.69, 9.17) is 0 Å². The fraction of sp³-hybridized carbons (Fsp3) is 0.240. The fourth-order valence-corrected chi connectivity index (χ4v) is 4.21. The number of fused-ring (bicyclic) bond motifs is 1. The minimum absolute atomic E-state index is 0.0499. The molecule has 5 rings (SSSR count). The molecule has 1 fully saturated rings. The first kappa shape index (κ1) is 23.5. The first-order valence-corrected chi connectivity index (χ1v) is 11.4. The summed E-state index contributed by atoms with van der Waals surface area (Å²) in [6, 6.07) is 14.2. The van der Waals surface area contributed by atoms with Gasteiger partial charge in [-0.1, -0.05) is 12.1 Å². The Balaban J connectivity index is 1.21. The van der Waals surface area contributed by atoms with Gasteiger partial charge < -0.3 is 24.8 Å². The Hall–Kier alpha value is -4.28. The van der Waals surface area contributed by atoms with Gasteiger partial charge in [-0.15, -0.1) is 0 Å². The van der Waals surface area contributed by atoms with Crippen LogP contribution in [-0.4, -0.2) is 58.7 Å². The minimum atomic E-state index is -2.90. The number of hydrogen-bond donors (Lipinski definition) is 2. The van der Waals surface area contributed by atoms with Gasteiger partial charge >= 0.3 is 12.6 Å². The molecule has 2 aromatic heterocycles. The van der Waals surface area contributed by atoms with Gasteiger partial charge in [-0.3, -0.25) is 0 Å². The van der Waals surface area contributed by atoms with E-state index in [1.807, 2.05) is 6.07 Å². The standard InChI is InChI=1S/C25H23F3N6O2/c26-18-6-4-17(5-7-18)21-13-20-22(32-21)30-15-31-23(20)33-8-10-34(11-9-33)25(35)29-14-16-2-1-3-19(12-16)36-24(27)28/h1-7,12-13,15,24H,8-11,14H2,(H,29,35)(H,30,31,32). The maximum Gasteiger partial charge on any atom is 0.387 e. The zero-order chi connectivity index (χ0) is 25.1. The lowest BCUT2D eigenvalue weighted by molar-refractivity contribution is -0.0498. The lowest BCUT2D eigenvalue weighted by Crippen LogP contribution is -2.52. The Bertz CT molecular complexity index is 1350. The van der Waals surface area contributed by atoms with Crippen LogP contribution in [0.1, 0.15) is 5.56 Å². The Morgan fingerprint density at radius 2 is 1.83 bits per heavy atom. The SMILES string of the molecule is O=C(NCc1cccc(OC(F)F)c1)N1CCN(c2ncnc3[nH]c(-c4ccc(F)cc4)cc23)CC1. The molecule has 0 radical (unpaired) electrons. The van der Waals surface area contributed by atoms with Gasteiger partial charge in [-0.2, -0.15) is 8.78 Å². The number of anilines is 1. The van der Waals surface area contributed by atoms with Crippen LogP contribution in [0.15, 0.2) is 60.9 Å². The van der Waals surface area contributed by atoms with Crippen molar-refractivity contribution < 1.29 is 22.7 Å². The van der Waals surface area contributed by atoms with E-state index < -0.39 is 6.61 Å². The molecule has 3 heterocycles. The summed E-state index contributed by atoms with van der Waals surface area (Å²) in [6.45, 7) is -0.574. The second kappa shape index (κ2) is 10.1. The lowest BCUT2D eigenvalue weighted by atomic mass is 10.1. The number of benzene rings is 2. The van der Waals surface area contributed by atoms with Crippen LogP contribution in [0, 0.1) is 5.82 Å². The molecule has 0 aliphatic carbocycles. The minimum Gasteiger partial charge on any atom is -0.435 e. The van der Waals surface area contributed by atoms with E-state index in [9.17, 15) is 18.0 Å². The van der Waals surface area contributed by atoms with E-state index in [2.05, 4.69) is 29.9 Å². The Morgan fingerprint density at radius 1 is 1.06 bits per heavy atom. The Kier molecular flexibility index (Phi) is 6.61. The highest BCUT2D eigenvalue weighted by atomic mass is 19.3. The van der Waals surface area contributed by atoms with Gasteiger partial charge in [0, 0.05) is 38.4 Å². The number of hydrogen-bond acceptors (Lipinski definition) is 5.